The van der Waals surface area contributed by atoms with E-state index >= 15 is 0 Å². The van der Waals surface area contributed by atoms with Crippen molar-refractivity contribution in [2.75, 3.05) is 6.54 Å². The molecule has 4 nitrogen and oxygen atoms in total. The van der Waals surface area contributed by atoms with Gasteiger partial charge in [-0.3, -0.25) is 19.3 Å². The Bertz CT molecular complexity index is 1220. The van der Waals surface area contributed by atoms with Gasteiger partial charge in [-0.1, -0.05) is 29.3 Å². The van der Waals surface area contributed by atoms with E-state index in [1.54, 1.807) is 41.2 Å². The first-order chi connectivity index (χ1) is 14.5. The molecule has 0 spiro atoms. The lowest BCUT2D eigenvalue weighted by atomic mass is 10.1. The summed E-state index contributed by atoms with van der Waals surface area (Å²) in [4.78, 5) is 22.1. The summed E-state index contributed by atoms with van der Waals surface area (Å²) in [6.07, 6.45) is 4.29. The number of halogens is 1. The summed E-state index contributed by atoms with van der Waals surface area (Å²) in [5, 5.41) is 1.71. The first kappa shape index (κ1) is 20.0. The SMILES string of the molecule is Cc1ccc2c(c1)c(CC/N=C/c1ccccn1)c(C)n2C(=O)c1ccc(Cl)cc1. The molecule has 2 aromatic heterocycles. The van der Waals surface area contributed by atoms with E-state index in [4.69, 9.17) is 11.6 Å². The second-order valence-corrected chi connectivity index (χ2v) is 7.71. The molecule has 0 saturated carbocycles. The Kier molecular flexibility index (Phi) is 5.77. The summed E-state index contributed by atoms with van der Waals surface area (Å²) in [6.45, 7) is 4.69. The Labute approximate surface area is 180 Å². The highest BCUT2D eigenvalue weighted by molar-refractivity contribution is 6.30. The van der Waals surface area contributed by atoms with Crippen LogP contribution in [0.15, 0.2) is 71.9 Å². The summed E-state index contributed by atoms with van der Waals surface area (Å²) in [5.74, 6) is -0.0544. The van der Waals surface area contributed by atoms with Crippen molar-refractivity contribution in [3.8, 4) is 0 Å². The van der Waals surface area contributed by atoms with Crippen molar-refractivity contribution in [3.05, 3.63) is 100.0 Å². The summed E-state index contributed by atoms with van der Waals surface area (Å²) in [6, 6.07) is 19.0. The standard InChI is InChI=1S/C25H22ClN3O/c1-17-6-11-24-23(15-17)22(12-14-27-16-21-5-3-4-13-28-21)18(2)29(24)25(30)19-7-9-20(26)10-8-19/h3-11,13,15-16H,12,14H2,1-2H3/b27-16+. The second-order valence-electron chi connectivity index (χ2n) is 7.27. The Morgan fingerprint density at radius 2 is 1.90 bits per heavy atom. The number of aryl methyl sites for hydroxylation is 1. The number of hydrogen-bond acceptors (Lipinski definition) is 3. The third-order valence-corrected chi connectivity index (χ3v) is 5.44. The van der Waals surface area contributed by atoms with Crippen molar-refractivity contribution in [2.24, 2.45) is 4.99 Å². The van der Waals surface area contributed by atoms with E-state index < -0.39 is 0 Å². The van der Waals surface area contributed by atoms with Crippen LogP contribution < -0.4 is 0 Å². The number of hydrogen-bond donors (Lipinski definition) is 0. The normalized spacial score (nSPS) is 11.4. The molecule has 4 aromatic rings. The van der Waals surface area contributed by atoms with Gasteiger partial charge >= 0.3 is 0 Å². The number of benzene rings is 2. The molecule has 0 saturated heterocycles. The molecule has 0 aliphatic heterocycles. The second kappa shape index (κ2) is 8.64. The third kappa shape index (κ3) is 4.05. The lowest BCUT2D eigenvalue weighted by Gasteiger charge is -2.08. The van der Waals surface area contributed by atoms with Crippen LogP contribution >= 0.6 is 11.6 Å². The number of aromatic nitrogens is 2. The molecule has 0 aliphatic carbocycles. The molecule has 150 valence electrons. The lowest BCUT2D eigenvalue weighted by molar-refractivity contribution is 0.0963. The van der Waals surface area contributed by atoms with Crippen molar-refractivity contribution in [3.63, 3.8) is 0 Å². The molecule has 0 radical (unpaired) electrons. The maximum absolute atomic E-state index is 13.3. The number of aliphatic imine (C=N–C) groups is 1. The highest BCUT2D eigenvalue weighted by Gasteiger charge is 2.19. The van der Waals surface area contributed by atoms with Crippen molar-refractivity contribution < 1.29 is 4.79 Å². The van der Waals surface area contributed by atoms with Crippen LogP contribution in [0, 0.1) is 13.8 Å². The van der Waals surface area contributed by atoms with Crippen LogP contribution in [0.3, 0.4) is 0 Å². The van der Waals surface area contributed by atoms with E-state index in [0.29, 0.717) is 17.1 Å². The molecule has 0 atom stereocenters. The minimum absolute atomic E-state index is 0.0544. The molecule has 0 N–H and O–H groups in total. The van der Waals surface area contributed by atoms with Crippen molar-refractivity contribution in [1.82, 2.24) is 9.55 Å². The maximum Gasteiger partial charge on any atom is 0.262 e. The molecule has 5 heteroatoms. The number of carbonyl (C=O) groups excluding carboxylic acids is 1. The quantitative estimate of drug-likeness (QED) is 0.395. The molecule has 0 bridgehead atoms. The molecule has 2 aromatic carbocycles. The molecular formula is C25H22ClN3O. The average Bonchev–Trinajstić information content (AvgIpc) is 3.02. The fraction of sp³-hybridized carbons (Fsp3) is 0.160. The Balaban J connectivity index is 1.68. The first-order valence-electron chi connectivity index (χ1n) is 9.86. The molecule has 30 heavy (non-hydrogen) atoms. The third-order valence-electron chi connectivity index (χ3n) is 5.19. The lowest BCUT2D eigenvalue weighted by Crippen LogP contribution is -2.13. The zero-order valence-electron chi connectivity index (χ0n) is 17.0. The molecular weight excluding hydrogens is 394 g/mol. The Morgan fingerprint density at radius 1 is 1.10 bits per heavy atom. The van der Waals surface area contributed by atoms with Crippen LogP contribution in [0.5, 0.6) is 0 Å². The van der Waals surface area contributed by atoms with Crippen molar-refractivity contribution in [1.29, 1.82) is 0 Å². The molecule has 0 aliphatic rings. The zero-order valence-corrected chi connectivity index (χ0v) is 17.7. The van der Waals surface area contributed by atoms with Crippen molar-refractivity contribution >= 4 is 34.6 Å². The molecule has 4 rings (SSSR count). The topological polar surface area (TPSA) is 47.2 Å². The number of carbonyl (C=O) groups is 1. The molecule has 0 unspecified atom stereocenters. The van der Waals surface area contributed by atoms with Crippen LogP contribution in [-0.2, 0) is 6.42 Å². The predicted octanol–water partition coefficient (Wildman–Crippen LogP) is 5.66. The van der Waals surface area contributed by atoms with Gasteiger partial charge in [0.2, 0.25) is 0 Å². The van der Waals surface area contributed by atoms with Gasteiger partial charge in [-0.05, 0) is 74.4 Å². The Morgan fingerprint density at radius 3 is 2.63 bits per heavy atom. The zero-order chi connectivity index (χ0) is 21.1. The minimum atomic E-state index is -0.0544. The first-order valence-corrected chi connectivity index (χ1v) is 10.2. The monoisotopic (exact) mass is 415 g/mol. The van der Waals surface area contributed by atoms with Gasteiger partial charge in [0, 0.05) is 40.6 Å². The molecule has 2 heterocycles. The van der Waals surface area contributed by atoms with Crippen LogP contribution in [0.2, 0.25) is 5.02 Å². The van der Waals surface area contributed by atoms with Crippen LogP contribution in [0.25, 0.3) is 10.9 Å². The van der Waals surface area contributed by atoms with Crippen LogP contribution in [-0.4, -0.2) is 28.2 Å². The van der Waals surface area contributed by atoms with Gasteiger partial charge in [0.05, 0.1) is 11.2 Å². The van der Waals surface area contributed by atoms with E-state index in [9.17, 15) is 4.79 Å². The van der Waals surface area contributed by atoms with E-state index in [2.05, 4.69) is 23.0 Å². The predicted molar refractivity (Wildman–Crippen MR) is 123 cm³/mol. The van der Waals surface area contributed by atoms with Gasteiger partial charge in [-0.15, -0.1) is 0 Å². The van der Waals surface area contributed by atoms with E-state index in [1.165, 1.54) is 0 Å². The van der Waals surface area contributed by atoms with Crippen molar-refractivity contribution in [2.45, 2.75) is 20.3 Å². The number of fused-ring (bicyclic) bond motifs is 1. The number of rotatable bonds is 5. The summed E-state index contributed by atoms with van der Waals surface area (Å²) in [7, 11) is 0. The van der Waals surface area contributed by atoms with E-state index in [0.717, 1.165) is 39.8 Å². The smallest absolute Gasteiger partial charge is 0.262 e. The van der Waals surface area contributed by atoms with Gasteiger partial charge in [0.15, 0.2) is 0 Å². The minimum Gasteiger partial charge on any atom is -0.291 e. The molecule has 0 amide bonds. The average molecular weight is 416 g/mol. The van der Waals surface area contributed by atoms with Crippen LogP contribution in [0.4, 0.5) is 0 Å². The van der Waals surface area contributed by atoms with Crippen LogP contribution in [0.1, 0.15) is 32.9 Å². The highest BCUT2D eigenvalue weighted by atomic mass is 35.5. The Hall–Kier alpha value is -3.24. The van der Waals surface area contributed by atoms with Gasteiger partial charge in [0.25, 0.3) is 5.91 Å². The fourth-order valence-electron chi connectivity index (χ4n) is 3.68. The molecule has 0 fully saturated rings. The summed E-state index contributed by atoms with van der Waals surface area (Å²) in [5.41, 5.74) is 5.63. The maximum atomic E-state index is 13.3. The van der Waals surface area contributed by atoms with Gasteiger partial charge < -0.3 is 0 Å². The fourth-order valence-corrected chi connectivity index (χ4v) is 3.81. The summed E-state index contributed by atoms with van der Waals surface area (Å²) >= 11 is 5.99. The van der Waals surface area contributed by atoms with E-state index in [1.807, 2.05) is 37.3 Å². The number of pyridine rings is 1. The van der Waals surface area contributed by atoms with Gasteiger partial charge in [0.1, 0.15) is 0 Å². The highest BCUT2D eigenvalue weighted by Crippen LogP contribution is 2.28. The largest absolute Gasteiger partial charge is 0.291 e. The summed E-state index contributed by atoms with van der Waals surface area (Å²) < 4.78 is 1.80. The van der Waals surface area contributed by atoms with E-state index in [-0.39, 0.29) is 5.91 Å². The number of nitrogens with zero attached hydrogens (tertiary/aromatic N) is 3. The van der Waals surface area contributed by atoms with Gasteiger partial charge in [-0.2, -0.15) is 0 Å². The van der Waals surface area contributed by atoms with Gasteiger partial charge in [-0.25, -0.2) is 0 Å².